The van der Waals surface area contributed by atoms with E-state index in [-0.39, 0.29) is 41.8 Å². The van der Waals surface area contributed by atoms with Gasteiger partial charge in [-0.3, -0.25) is 0 Å². The van der Waals surface area contributed by atoms with Gasteiger partial charge in [-0.25, -0.2) is 0 Å². The van der Waals surface area contributed by atoms with Crippen LogP contribution in [0.4, 0.5) is 0 Å². The molecule has 4 rings (SSSR count). The quantitative estimate of drug-likeness (QED) is 0.532. The fourth-order valence-corrected chi connectivity index (χ4v) is 11.4. The zero-order valence-corrected chi connectivity index (χ0v) is 14.5. The second-order valence-corrected chi connectivity index (χ2v) is 10.2. The predicted octanol–water partition coefficient (Wildman–Crippen LogP) is 2.95. The van der Waals surface area contributed by atoms with E-state index in [0.29, 0.717) is 0 Å². The summed E-state index contributed by atoms with van der Waals surface area (Å²) in [5, 5.41) is 0. The average Bonchev–Trinajstić information content (AvgIpc) is 2.46. The predicted molar refractivity (Wildman–Crippen MR) is 78.6 cm³/mol. The van der Waals surface area contributed by atoms with E-state index >= 15 is 0 Å². The molecule has 0 unspecified atom stereocenters. The monoisotopic (exact) mass is 464 g/mol. The maximum atomic E-state index is 2.36. The normalized spacial score (nSPS) is 16.9. The average molecular weight is 459 g/mol. The van der Waals surface area contributed by atoms with Crippen LogP contribution in [0.1, 0.15) is 22.3 Å². The molecule has 2 aromatic carbocycles. The van der Waals surface area contributed by atoms with E-state index in [9.17, 15) is 0 Å². The summed E-state index contributed by atoms with van der Waals surface area (Å²) < 4.78 is 6.29. The summed E-state index contributed by atoms with van der Waals surface area (Å²) in [4.78, 5) is 0. The summed E-state index contributed by atoms with van der Waals surface area (Å²) in [5.41, 5.74) is 6.45. The van der Waals surface area contributed by atoms with Gasteiger partial charge in [0, 0.05) is 0 Å². The number of fused-ring (bicyclic) bond motifs is 4. The molecule has 0 nitrogen and oxygen atoms in total. The number of hydrogen-bond donors (Lipinski definition) is 0. The SMILES string of the molecule is c1ccc2c(c1)C[Te]C1=C2[Te]Cc2ccccc21. The van der Waals surface area contributed by atoms with E-state index < -0.39 is 0 Å². The molecule has 2 aliphatic heterocycles. The molecule has 2 heteroatoms. The summed E-state index contributed by atoms with van der Waals surface area (Å²) in [6.45, 7) is 0. The molecule has 0 aromatic heterocycles. The van der Waals surface area contributed by atoms with Gasteiger partial charge in [-0.2, -0.15) is 0 Å². The number of benzene rings is 2. The molecule has 2 aromatic rings. The molecule has 0 saturated heterocycles. The fraction of sp³-hybridized carbons (Fsp3) is 0.125. The van der Waals surface area contributed by atoms with Crippen LogP contribution < -0.4 is 0 Å². The Labute approximate surface area is 128 Å². The van der Waals surface area contributed by atoms with Crippen molar-refractivity contribution in [1.29, 1.82) is 0 Å². The van der Waals surface area contributed by atoms with Gasteiger partial charge in [0.25, 0.3) is 0 Å². The third kappa shape index (κ3) is 1.79. The van der Waals surface area contributed by atoms with Gasteiger partial charge in [0.1, 0.15) is 0 Å². The van der Waals surface area contributed by atoms with Crippen LogP contribution in [0.3, 0.4) is 0 Å². The first-order chi connectivity index (χ1) is 8.93. The van der Waals surface area contributed by atoms with Crippen LogP contribution in [0, 0.1) is 0 Å². The van der Waals surface area contributed by atoms with E-state index in [2.05, 4.69) is 48.5 Å². The van der Waals surface area contributed by atoms with Crippen LogP contribution in [0.5, 0.6) is 0 Å². The van der Waals surface area contributed by atoms with Crippen LogP contribution in [0.2, 0.25) is 0 Å². The molecule has 0 N–H and O–H groups in total. The van der Waals surface area contributed by atoms with E-state index in [1.807, 2.05) is 0 Å². The Morgan fingerprint density at radius 1 is 0.611 bits per heavy atom. The molecule has 0 saturated carbocycles. The second-order valence-electron chi connectivity index (χ2n) is 4.55. The molecule has 0 spiro atoms. The van der Waals surface area contributed by atoms with Gasteiger partial charge in [-0.15, -0.1) is 0 Å². The van der Waals surface area contributed by atoms with Crippen molar-refractivity contribution in [2.75, 3.05) is 0 Å². The first-order valence-corrected chi connectivity index (χ1v) is 11.7. The fourth-order valence-electron chi connectivity index (χ4n) is 2.57. The molecular formula is C16H12Te2. The van der Waals surface area contributed by atoms with Crippen LogP contribution in [-0.2, 0) is 8.94 Å². The maximum absolute atomic E-state index is 2.36. The first kappa shape index (κ1) is 11.6. The van der Waals surface area contributed by atoms with E-state index in [1.165, 1.54) is 8.94 Å². The molecular weight excluding hydrogens is 447 g/mol. The topological polar surface area (TPSA) is 0 Å². The van der Waals surface area contributed by atoms with Crippen molar-refractivity contribution in [3.05, 3.63) is 70.8 Å². The summed E-state index contributed by atoms with van der Waals surface area (Å²) in [6, 6.07) is 18.2. The van der Waals surface area contributed by atoms with E-state index in [0.717, 1.165) is 0 Å². The third-order valence-corrected chi connectivity index (χ3v) is 11.4. The Balaban J connectivity index is 1.96. The summed E-state index contributed by atoms with van der Waals surface area (Å²) in [7, 11) is 0. The summed E-state index contributed by atoms with van der Waals surface area (Å²) in [6.07, 6.45) is 0. The summed E-state index contributed by atoms with van der Waals surface area (Å²) >= 11 is -0.00911. The van der Waals surface area contributed by atoms with E-state index in [4.69, 9.17) is 0 Å². The van der Waals surface area contributed by atoms with Crippen LogP contribution in [-0.4, -0.2) is 41.8 Å². The van der Waals surface area contributed by atoms with E-state index in [1.54, 1.807) is 29.5 Å². The van der Waals surface area contributed by atoms with Crippen molar-refractivity contribution < 1.29 is 0 Å². The van der Waals surface area contributed by atoms with Crippen molar-refractivity contribution in [3.8, 4) is 0 Å². The zero-order chi connectivity index (χ0) is 11.9. The molecule has 0 radical (unpaired) electrons. The Kier molecular flexibility index (Phi) is 3.02. The van der Waals surface area contributed by atoms with Gasteiger partial charge in [0.2, 0.25) is 0 Å². The Morgan fingerprint density at radius 2 is 1.06 bits per heavy atom. The van der Waals surface area contributed by atoms with Crippen molar-refractivity contribution in [2.24, 2.45) is 0 Å². The van der Waals surface area contributed by atoms with Gasteiger partial charge in [-0.05, 0) is 0 Å². The Morgan fingerprint density at radius 3 is 1.56 bits per heavy atom. The molecule has 18 heavy (non-hydrogen) atoms. The van der Waals surface area contributed by atoms with Crippen LogP contribution in [0.25, 0.3) is 7.24 Å². The van der Waals surface area contributed by atoms with Crippen molar-refractivity contribution in [3.63, 3.8) is 0 Å². The standard InChI is InChI=1S/C16H12Te2/c1-3-7-13-11(5-1)9-17-16-14-8-4-2-6-12(14)10-18-15(13)16/h1-8H,9-10H2. The van der Waals surface area contributed by atoms with Gasteiger partial charge in [-0.1, -0.05) is 0 Å². The molecule has 0 atom stereocenters. The molecule has 0 amide bonds. The Bertz CT molecular complexity index is 598. The van der Waals surface area contributed by atoms with Crippen molar-refractivity contribution in [2.45, 2.75) is 8.94 Å². The van der Waals surface area contributed by atoms with Crippen LogP contribution >= 0.6 is 0 Å². The molecule has 2 heterocycles. The summed E-state index contributed by atoms with van der Waals surface area (Å²) in [5.74, 6) is 0. The molecule has 0 bridgehead atoms. The van der Waals surface area contributed by atoms with Gasteiger partial charge in [0.15, 0.2) is 0 Å². The minimum absolute atomic E-state index is 0.00456. The third-order valence-electron chi connectivity index (χ3n) is 3.47. The first-order valence-electron chi connectivity index (χ1n) is 6.10. The van der Waals surface area contributed by atoms with Gasteiger partial charge in [0.05, 0.1) is 0 Å². The molecule has 2 aliphatic rings. The molecule has 88 valence electrons. The Hall–Kier alpha value is -0.241. The second kappa shape index (κ2) is 4.70. The van der Waals surface area contributed by atoms with Crippen molar-refractivity contribution in [1.82, 2.24) is 0 Å². The van der Waals surface area contributed by atoms with Gasteiger partial charge < -0.3 is 0 Å². The van der Waals surface area contributed by atoms with Crippen molar-refractivity contribution >= 4 is 49.1 Å². The minimum atomic E-state index is -0.00456. The van der Waals surface area contributed by atoms with Gasteiger partial charge >= 0.3 is 129 Å². The van der Waals surface area contributed by atoms with Crippen LogP contribution in [0.15, 0.2) is 48.5 Å². The number of rotatable bonds is 0. The number of hydrogen-bond acceptors (Lipinski definition) is 0. The zero-order valence-electron chi connectivity index (χ0n) is 9.85. The molecule has 0 aliphatic carbocycles. The molecule has 0 fully saturated rings.